The molecule has 2 amide bonds. The number of hydrogen-bond acceptors (Lipinski definition) is 5. The standard InChI is InChI=1S/C21H24F6N6O2/c1-10(2)18(28)19(35)29-12(5-11-6-14(23)15(24)8-13(11)22)7-17(34)32-3-4-33-16(9-32)30-31-20(33)21(25,26)27/h6,8,10,12,18H,3-5,7,9,28H2,1-2H3,(H,29,35). The van der Waals surface area contributed by atoms with Crippen molar-refractivity contribution in [3.05, 3.63) is 46.8 Å². The lowest BCUT2D eigenvalue weighted by molar-refractivity contribution is -0.148. The molecular formula is C21H24F6N6O2. The largest absolute Gasteiger partial charge is 0.451 e. The SMILES string of the molecule is CC(C)C(N)C(=O)NC(CC(=O)N1CCn2c(nnc2C(F)(F)F)C1)Cc1cc(F)c(F)cc1F. The van der Waals surface area contributed by atoms with Crippen molar-refractivity contribution in [1.82, 2.24) is 25.0 Å². The Balaban J connectivity index is 1.78. The molecule has 14 heteroatoms. The molecule has 1 aliphatic heterocycles. The smallest absolute Gasteiger partial charge is 0.351 e. The number of carbonyl (C=O) groups excluding carboxylic acids is 2. The number of hydrogen-bond donors (Lipinski definition) is 2. The number of benzene rings is 1. The molecule has 0 spiro atoms. The first-order valence-electron chi connectivity index (χ1n) is 10.7. The van der Waals surface area contributed by atoms with Gasteiger partial charge in [-0.1, -0.05) is 13.8 Å². The minimum atomic E-state index is -4.70. The van der Waals surface area contributed by atoms with Gasteiger partial charge in [-0.3, -0.25) is 9.59 Å². The highest BCUT2D eigenvalue weighted by atomic mass is 19.4. The predicted molar refractivity (Wildman–Crippen MR) is 110 cm³/mol. The fourth-order valence-corrected chi connectivity index (χ4v) is 3.68. The van der Waals surface area contributed by atoms with Crippen LogP contribution in [-0.4, -0.2) is 50.1 Å². The Labute approximate surface area is 196 Å². The van der Waals surface area contributed by atoms with E-state index in [-0.39, 0.29) is 43.4 Å². The lowest BCUT2D eigenvalue weighted by Gasteiger charge is -2.30. The van der Waals surface area contributed by atoms with E-state index in [2.05, 4.69) is 15.5 Å². The van der Waals surface area contributed by atoms with Gasteiger partial charge in [0.1, 0.15) is 5.82 Å². The highest BCUT2D eigenvalue weighted by Gasteiger charge is 2.40. The summed E-state index contributed by atoms with van der Waals surface area (Å²) < 4.78 is 81.2. The van der Waals surface area contributed by atoms with Gasteiger partial charge in [-0.15, -0.1) is 10.2 Å². The van der Waals surface area contributed by atoms with E-state index in [1.54, 1.807) is 13.8 Å². The minimum Gasteiger partial charge on any atom is -0.351 e. The quantitative estimate of drug-likeness (QED) is 0.442. The molecule has 0 saturated heterocycles. The fourth-order valence-electron chi connectivity index (χ4n) is 3.68. The molecule has 192 valence electrons. The first-order valence-corrected chi connectivity index (χ1v) is 10.7. The van der Waals surface area contributed by atoms with Gasteiger partial charge in [0, 0.05) is 31.6 Å². The van der Waals surface area contributed by atoms with Crippen molar-refractivity contribution in [2.75, 3.05) is 6.54 Å². The number of alkyl halides is 3. The zero-order chi connectivity index (χ0) is 26.1. The molecular weight excluding hydrogens is 482 g/mol. The normalized spacial score (nSPS) is 15.7. The highest BCUT2D eigenvalue weighted by Crippen LogP contribution is 2.29. The summed E-state index contributed by atoms with van der Waals surface area (Å²) in [5, 5.41) is 9.21. The Morgan fingerprint density at radius 1 is 1.09 bits per heavy atom. The van der Waals surface area contributed by atoms with Crippen molar-refractivity contribution in [1.29, 1.82) is 0 Å². The Bertz CT molecular complexity index is 1100. The van der Waals surface area contributed by atoms with Gasteiger partial charge in [0.25, 0.3) is 0 Å². The van der Waals surface area contributed by atoms with Gasteiger partial charge < -0.3 is 20.5 Å². The molecule has 1 aromatic carbocycles. The monoisotopic (exact) mass is 506 g/mol. The highest BCUT2D eigenvalue weighted by molar-refractivity contribution is 5.83. The van der Waals surface area contributed by atoms with Crippen molar-refractivity contribution < 1.29 is 35.9 Å². The second kappa shape index (κ2) is 10.2. The Morgan fingerprint density at radius 2 is 1.74 bits per heavy atom. The zero-order valence-corrected chi connectivity index (χ0v) is 18.9. The molecule has 0 radical (unpaired) electrons. The van der Waals surface area contributed by atoms with E-state index in [0.29, 0.717) is 12.1 Å². The summed E-state index contributed by atoms with van der Waals surface area (Å²) in [6.45, 7) is 2.85. The second-order valence-electron chi connectivity index (χ2n) is 8.65. The molecule has 0 fully saturated rings. The van der Waals surface area contributed by atoms with Crippen LogP contribution in [0, 0.1) is 23.4 Å². The Morgan fingerprint density at radius 3 is 2.37 bits per heavy atom. The van der Waals surface area contributed by atoms with Crippen LogP contribution in [0.3, 0.4) is 0 Å². The maximum absolute atomic E-state index is 14.2. The third-order valence-electron chi connectivity index (χ3n) is 5.70. The topological polar surface area (TPSA) is 106 Å². The number of halogens is 6. The number of nitrogens with two attached hydrogens (primary N) is 1. The van der Waals surface area contributed by atoms with Crippen LogP contribution in [0.15, 0.2) is 12.1 Å². The Kier molecular flexibility index (Phi) is 7.72. The lowest BCUT2D eigenvalue weighted by Crippen LogP contribution is -2.50. The molecule has 3 rings (SSSR count). The number of amides is 2. The van der Waals surface area contributed by atoms with E-state index < -0.39 is 59.8 Å². The summed E-state index contributed by atoms with van der Waals surface area (Å²) in [6.07, 6.45) is -5.45. The number of aromatic nitrogens is 3. The van der Waals surface area contributed by atoms with E-state index >= 15 is 0 Å². The average molecular weight is 506 g/mol. The van der Waals surface area contributed by atoms with Crippen molar-refractivity contribution in [3.63, 3.8) is 0 Å². The molecule has 2 atom stereocenters. The van der Waals surface area contributed by atoms with Crippen LogP contribution in [0.25, 0.3) is 0 Å². The summed E-state index contributed by atoms with van der Waals surface area (Å²) in [4.78, 5) is 26.7. The first-order chi connectivity index (χ1) is 16.3. The average Bonchev–Trinajstić information content (AvgIpc) is 3.20. The van der Waals surface area contributed by atoms with Crippen molar-refractivity contribution in [3.8, 4) is 0 Å². The third-order valence-corrected chi connectivity index (χ3v) is 5.70. The molecule has 3 N–H and O–H groups in total. The van der Waals surface area contributed by atoms with E-state index in [1.165, 1.54) is 4.90 Å². The third kappa shape index (κ3) is 6.10. The number of fused-ring (bicyclic) bond motifs is 1. The van der Waals surface area contributed by atoms with Crippen LogP contribution >= 0.6 is 0 Å². The maximum atomic E-state index is 14.2. The van der Waals surface area contributed by atoms with E-state index in [4.69, 9.17) is 5.73 Å². The molecule has 8 nitrogen and oxygen atoms in total. The van der Waals surface area contributed by atoms with Crippen LogP contribution < -0.4 is 11.1 Å². The fraction of sp³-hybridized carbons (Fsp3) is 0.524. The number of rotatable bonds is 7. The molecule has 2 unspecified atom stereocenters. The first kappa shape index (κ1) is 26.4. The van der Waals surface area contributed by atoms with Crippen LogP contribution in [0.2, 0.25) is 0 Å². The summed E-state index contributed by atoms with van der Waals surface area (Å²) in [7, 11) is 0. The van der Waals surface area contributed by atoms with Crippen LogP contribution in [-0.2, 0) is 35.3 Å². The number of carbonyl (C=O) groups is 2. The van der Waals surface area contributed by atoms with Gasteiger partial charge in [0.15, 0.2) is 17.5 Å². The van der Waals surface area contributed by atoms with Gasteiger partial charge in [0.05, 0.1) is 12.6 Å². The summed E-state index contributed by atoms with van der Waals surface area (Å²) in [6, 6.07) is -0.999. The van der Waals surface area contributed by atoms with Gasteiger partial charge in [-0.25, -0.2) is 13.2 Å². The molecule has 1 aliphatic rings. The van der Waals surface area contributed by atoms with Crippen molar-refractivity contribution in [2.24, 2.45) is 11.7 Å². The predicted octanol–water partition coefficient (Wildman–Crippen LogP) is 2.16. The van der Waals surface area contributed by atoms with E-state index in [0.717, 1.165) is 4.57 Å². The lowest BCUT2D eigenvalue weighted by atomic mass is 9.99. The molecule has 2 heterocycles. The van der Waals surface area contributed by atoms with Crippen LogP contribution in [0.5, 0.6) is 0 Å². The zero-order valence-electron chi connectivity index (χ0n) is 18.9. The maximum Gasteiger partial charge on any atom is 0.451 e. The minimum absolute atomic E-state index is 0.0639. The number of nitrogens with zero attached hydrogens (tertiary/aromatic N) is 4. The number of nitrogens with one attached hydrogen (secondary N) is 1. The molecule has 0 bridgehead atoms. The summed E-state index contributed by atoms with van der Waals surface area (Å²) >= 11 is 0. The molecule has 35 heavy (non-hydrogen) atoms. The van der Waals surface area contributed by atoms with Crippen LogP contribution in [0.1, 0.15) is 37.5 Å². The van der Waals surface area contributed by atoms with Gasteiger partial charge in [0.2, 0.25) is 17.6 Å². The van der Waals surface area contributed by atoms with Gasteiger partial charge in [-0.2, -0.15) is 13.2 Å². The van der Waals surface area contributed by atoms with E-state index in [9.17, 15) is 35.9 Å². The molecule has 1 aromatic heterocycles. The summed E-state index contributed by atoms with van der Waals surface area (Å²) in [5.74, 6) is -6.44. The van der Waals surface area contributed by atoms with Crippen LogP contribution in [0.4, 0.5) is 26.3 Å². The van der Waals surface area contributed by atoms with Gasteiger partial charge >= 0.3 is 6.18 Å². The molecule has 0 saturated carbocycles. The van der Waals surface area contributed by atoms with Crippen molar-refractivity contribution in [2.45, 2.75) is 58.0 Å². The van der Waals surface area contributed by atoms with E-state index in [1.807, 2.05) is 0 Å². The molecule has 0 aliphatic carbocycles. The summed E-state index contributed by atoms with van der Waals surface area (Å²) in [5.41, 5.74) is 5.57. The molecule has 2 aromatic rings. The second-order valence-corrected chi connectivity index (χ2v) is 8.65. The van der Waals surface area contributed by atoms with Crippen molar-refractivity contribution >= 4 is 11.8 Å². The Hall–Kier alpha value is -3.16. The van der Waals surface area contributed by atoms with Gasteiger partial charge in [-0.05, 0) is 24.0 Å².